The van der Waals surface area contributed by atoms with Gasteiger partial charge in [-0.05, 0) is 31.2 Å². The van der Waals surface area contributed by atoms with Gasteiger partial charge in [-0.1, -0.05) is 0 Å². The Morgan fingerprint density at radius 1 is 1.15 bits per heavy atom. The topological polar surface area (TPSA) is 191 Å². The molecule has 1 aliphatic rings. The van der Waals surface area contributed by atoms with Gasteiger partial charge in [-0.3, -0.25) is 9.59 Å². The summed E-state index contributed by atoms with van der Waals surface area (Å²) in [4.78, 5) is 37.6. The standard InChI is InChI=1S/C19H23N9O4S/c1-10(26-33(31,32)14-5-3-12(4-6-14)23-11(2)29)18(30)27-7-13(8-27)28-9-22-15-16(20)24-19(21)25-17(15)28/h3-6,9-10,13,26H,7-8H2,1-2H3,(H,23,29)(H4,20,21,24,25)/t10-/m0/s1. The number of aromatic nitrogens is 4. The summed E-state index contributed by atoms with van der Waals surface area (Å²) in [7, 11) is -3.93. The molecule has 6 N–H and O–H groups in total. The molecule has 4 rings (SSSR count). The van der Waals surface area contributed by atoms with Crippen LogP contribution in [0.3, 0.4) is 0 Å². The number of carbonyl (C=O) groups is 2. The van der Waals surface area contributed by atoms with Crippen LogP contribution >= 0.6 is 0 Å². The van der Waals surface area contributed by atoms with Gasteiger partial charge in [0.2, 0.25) is 27.8 Å². The molecule has 2 amide bonds. The minimum atomic E-state index is -3.93. The lowest BCUT2D eigenvalue weighted by molar-refractivity contribution is -0.138. The Balaban J connectivity index is 1.39. The Labute approximate surface area is 189 Å². The van der Waals surface area contributed by atoms with Crippen molar-refractivity contribution in [3.63, 3.8) is 0 Å². The van der Waals surface area contributed by atoms with E-state index in [4.69, 9.17) is 11.5 Å². The summed E-state index contributed by atoms with van der Waals surface area (Å²) < 4.78 is 29.5. The minimum absolute atomic E-state index is 0.0162. The van der Waals surface area contributed by atoms with Gasteiger partial charge >= 0.3 is 0 Å². The summed E-state index contributed by atoms with van der Waals surface area (Å²) in [5, 5.41) is 2.56. The van der Waals surface area contributed by atoms with Gasteiger partial charge in [-0.15, -0.1) is 0 Å². The Morgan fingerprint density at radius 2 is 1.82 bits per heavy atom. The van der Waals surface area contributed by atoms with Crippen molar-refractivity contribution in [3.8, 4) is 0 Å². The number of nitrogens with two attached hydrogens (primary N) is 2. The summed E-state index contributed by atoms with van der Waals surface area (Å²) >= 11 is 0. The number of carbonyl (C=O) groups excluding carboxylic acids is 2. The number of hydrogen-bond donors (Lipinski definition) is 4. The fraction of sp³-hybridized carbons (Fsp3) is 0.316. The molecule has 0 radical (unpaired) electrons. The van der Waals surface area contributed by atoms with E-state index in [9.17, 15) is 18.0 Å². The van der Waals surface area contributed by atoms with Crippen molar-refractivity contribution in [2.75, 3.05) is 29.9 Å². The monoisotopic (exact) mass is 473 g/mol. The number of imidazole rings is 1. The van der Waals surface area contributed by atoms with E-state index in [1.807, 2.05) is 0 Å². The van der Waals surface area contributed by atoms with Crippen molar-refractivity contribution in [1.82, 2.24) is 29.1 Å². The van der Waals surface area contributed by atoms with Gasteiger partial charge < -0.3 is 26.3 Å². The van der Waals surface area contributed by atoms with Crippen LogP contribution in [-0.4, -0.2) is 63.8 Å². The zero-order valence-electron chi connectivity index (χ0n) is 17.9. The van der Waals surface area contributed by atoms with Gasteiger partial charge in [0, 0.05) is 25.7 Å². The zero-order valence-corrected chi connectivity index (χ0v) is 18.7. The van der Waals surface area contributed by atoms with Gasteiger partial charge in [0.05, 0.1) is 23.3 Å². The predicted molar refractivity (Wildman–Crippen MR) is 120 cm³/mol. The fourth-order valence-electron chi connectivity index (χ4n) is 3.58. The number of fused-ring (bicyclic) bond motifs is 1. The number of amides is 2. The van der Waals surface area contributed by atoms with E-state index in [1.165, 1.54) is 43.0 Å². The van der Waals surface area contributed by atoms with Crippen LogP contribution in [0, 0.1) is 0 Å². The smallest absolute Gasteiger partial charge is 0.241 e. The average Bonchev–Trinajstić information content (AvgIpc) is 3.10. The Kier molecular flexibility index (Phi) is 5.63. The maximum atomic E-state index is 12.8. The molecule has 0 aliphatic carbocycles. The number of hydrogen-bond acceptors (Lipinski definition) is 9. The third-order valence-corrected chi connectivity index (χ3v) is 6.78. The molecule has 33 heavy (non-hydrogen) atoms. The van der Waals surface area contributed by atoms with E-state index >= 15 is 0 Å². The van der Waals surface area contributed by atoms with Gasteiger partial charge in [0.25, 0.3) is 0 Å². The number of anilines is 3. The normalized spacial score (nSPS) is 15.3. The lowest BCUT2D eigenvalue weighted by Gasteiger charge is -2.41. The second-order valence-electron chi connectivity index (χ2n) is 7.74. The molecule has 174 valence electrons. The summed E-state index contributed by atoms with van der Waals surface area (Å²) in [6.45, 7) is 3.55. The molecule has 1 saturated heterocycles. The van der Waals surface area contributed by atoms with Crippen LogP contribution in [0.1, 0.15) is 19.9 Å². The first-order chi connectivity index (χ1) is 15.5. The Morgan fingerprint density at radius 3 is 2.45 bits per heavy atom. The molecule has 0 bridgehead atoms. The van der Waals surface area contributed by atoms with Crippen LogP contribution in [0.15, 0.2) is 35.5 Å². The number of sulfonamides is 1. The maximum absolute atomic E-state index is 12.8. The maximum Gasteiger partial charge on any atom is 0.241 e. The Hall–Kier alpha value is -3.78. The number of likely N-dealkylation sites (tertiary alicyclic amines) is 1. The Bertz CT molecular complexity index is 1330. The fourth-order valence-corrected chi connectivity index (χ4v) is 4.78. The number of benzene rings is 1. The first-order valence-electron chi connectivity index (χ1n) is 9.99. The SMILES string of the molecule is CC(=O)Nc1ccc(S(=O)(=O)N[C@@H](C)C(=O)N2CC(n3cnc4c(N)nc(N)nc43)C2)cc1. The van der Waals surface area contributed by atoms with E-state index in [-0.39, 0.29) is 34.5 Å². The predicted octanol–water partition coefficient (Wildman–Crippen LogP) is -0.301. The van der Waals surface area contributed by atoms with E-state index < -0.39 is 16.1 Å². The molecule has 2 aromatic heterocycles. The first-order valence-corrected chi connectivity index (χ1v) is 11.5. The van der Waals surface area contributed by atoms with E-state index in [1.54, 1.807) is 10.9 Å². The largest absolute Gasteiger partial charge is 0.382 e. The van der Waals surface area contributed by atoms with Gasteiger partial charge in [-0.25, -0.2) is 13.4 Å². The molecule has 1 fully saturated rings. The van der Waals surface area contributed by atoms with Crippen LogP contribution in [0.25, 0.3) is 11.2 Å². The molecule has 3 heterocycles. The van der Waals surface area contributed by atoms with Crippen molar-refractivity contribution in [2.24, 2.45) is 0 Å². The molecule has 3 aromatic rings. The highest BCUT2D eigenvalue weighted by Gasteiger charge is 2.36. The van der Waals surface area contributed by atoms with Gasteiger partial charge in [0.1, 0.15) is 5.52 Å². The molecule has 1 aliphatic heterocycles. The minimum Gasteiger partial charge on any atom is -0.382 e. The van der Waals surface area contributed by atoms with Crippen molar-refractivity contribution < 1.29 is 18.0 Å². The van der Waals surface area contributed by atoms with Crippen LogP contribution in [0.4, 0.5) is 17.5 Å². The number of nitrogens with zero attached hydrogens (tertiary/aromatic N) is 5. The van der Waals surface area contributed by atoms with Crippen molar-refractivity contribution in [1.29, 1.82) is 0 Å². The van der Waals surface area contributed by atoms with Crippen LogP contribution in [-0.2, 0) is 19.6 Å². The summed E-state index contributed by atoms with van der Waals surface area (Å²) in [6.07, 6.45) is 1.57. The summed E-state index contributed by atoms with van der Waals surface area (Å²) in [6, 6.07) is 4.58. The van der Waals surface area contributed by atoms with Crippen molar-refractivity contribution in [3.05, 3.63) is 30.6 Å². The van der Waals surface area contributed by atoms with E-state index in [0.717, 1.165) is 0 Å². The highest BCUT2D eigenvalue weighted by Crippen LogP contribution is 2.27. The van der Waals surface area contributed by atoms with Gasteiger partial charge in [-0.2, -0.15) is 14.7 Å². The third-order valence-electron chi connectivity index (χ3n) is 5.22. The molecule has 0 unspecified atom stereocenters. The van der Waals surface area contributed by atoms with Crippen LogP contribution < -0.4 is 21.5 Å². The van der Waals surface area contributed by atoms with Gasteiger partial charge in [0.15, 0.2) is 11.5 Å². The number of nitrogens with one attached hydrogen (secondary N) is 2. The molecule has 13 nitrogen and oxygen atoms in total. The molecule has 0 saturated carbocycles. The zero-order chi connectivity index (χ0) is 23.9. The van der Waals surface area contributed by atoms with Crippen molar-refractivity contribution >= 4 is 50.5 Å². The summed E-state index contributed by atoms with van der Waals surface area (Å²) in [5.74, 6) is -0.416. The molecule has 1 atom stereocenters. The highest BCUT2D eigenvalue weighted by molar-refractivity contribution is 7.89. The highest BCUT2D eigenvalue weighted by atomic mass is 32.2. The first kappa shape index (κ1) is 22.4. The number of rotatable bonds is 6. The summed E-state index contributed by atoms with van der Waals surface area (Å²) in [5.41, 5.74) is 12.9. The van der Waals surface area contributed by atoms with E-state index in [2.05, 4.69) is 25.0 Å². The van der Waals surface area contributed by atoms with Crippen LogP contribution in [0.2, 0.25) is 0 Å². The van der Waals surface area contributed by atoms with Crippen LogP contribution in [0.5, 0.6) is 0 Å². The molecular weight excluding hydrogens is 450 g/mol. The lowest BCUT2D eigenvalue weighted by atomic mass is 10.1. The quantitative estimate of drug-likeness (QED) is 0.372. The molecule has 0 spiro atoms. The molecular formula is C19H23N9O4S. The van der Waals surface area contributed by atoms with E-state index in [0.29, 0.717) is 29.9 Å². The number of nitrogen functional groups attached to an aromatic ring is 2. The second kappa shape index (κ2) is 8.29. The molecule has 1 aromatic carbocycles. The lowest BCUT2D eigenvalue weighted by Crippen LogP contribution is -2.56. The third kappa shape index (κ3) is 4.42. The van der Waals surface area contributed by atoms with Crippen molar-refractivity contribution in [2.45, 2.75) is 30.8 Å². The molecule has 14 heteroatoms. The average molecular weight is 474 g/mol. The second-order valence-corrected chi connectivity index (χ2v) is 9.45.